The van der Waals surface area contributed by atoms with E-state index in [0.29, 0.717) is 6.10 Å². The second kappa shape index (κ2) is 6.73. The lowest BCUT2D eigenvalue weighted by molar-refractivity contribution is 0.00875. The topological polar surface area (TPSA) is 21.3 Å². The molecule has 3 rings (SSSR count). The lowest BCUT2D eigenvalue weighted by Crippen LogP contribution is -2.20. The van der Waals surface area contributed by atoms with Gasteiger partial charge in [0, 0.05) is 12.6 Å². The van der Waals surface area contributed by atoms with Crippen molar-refractivity contribution in [3.8, 4) is 0 Å². The lowest BCUT2D eigenvalue weighted by Gasteiger charge is -2.26. The van der Waals surface area contributed by atoms with E-state index < -0.39 is 0 Å². The number of nitrogens with one attached hydrogen (secondary N) is 1. The van der Waals surface area contributed by atoms with E-state index in [0.717, 1.165) is 25.1 Å². The molecule has 0 unspecified atom stereocenters. The van der Waals surface area contributed by atoms with E-state index in [9.17, 15) is 0 Å². The van der Waals surface area contributed by atoms with Crippen LogP contribution in [0.3, 0.4) is 0 Å². The Morgan fingerprint density at radius 2 is 1.80 bits per heavy atom. The summed E-state index contributed by atoms with van der Waals surface area (Å²) in [6, 6.07) is 9.62. The molecule has 1 aromatic carbocycles. The van der Waals surface area contributed by atoms with E-state index in [-0.39, 0.29) is 0 Å². The van der Waals surface area contributed by atoms with Gasteiger partial charge in [-0.25, -0.2) is 0 Å². The molecule has 1 N–H and O–H groups in total. The Morgan fingerprint density at radius 3 is 2.55 bits per heavy atom. The maximum absolute atomic E-state index is 6.09. The van der Waals surface area contributed by atoms with Gasteiger partial charge in [-0.05, 0) is 55.6 Å². The summed E-state index contributed by atoms with van der Waals surface area (Å²) in [6.45, 7) is 4.13. The first-order valence-electron chi connectivity index (χ1n) is 8.22. The average Bonchev–Trinajstić information content (AvgIpc) is 3.29. The molecule has 0 atom stereocenters. The maximum Gasteiger partial charge on any atom is 0.0720 e. The van der Waals surface area contributed by atoms with Crippen molar-refractivity contribution in [2.75, 3.05) is 0 Å². The van der Waals surface area contributed by atoms with Crippen LogP contribution in [0.4, 0.5) is 0 Å². The normalized spacial score (nSPS) is 26.6. The molecule has 0 bridgehead atoms. The van der Waals surface area contributed by atoms with Crippen LogP contribution in [0.5, 0.6) is 0 Å². The number of benzene rings is 1. The fraction of sp³-hybridized carbons (Fsp3) is 0.667. The van der Waals surface area contributed by atoms with Crippen LogP contribution in [0, 0.1) is 5.92 Å². The van der Waals surface area contributed by atoms with Crippen LogP contribution >= 0.6 is 0 Å². The first-order valence-corrected chi connectivity index (χ1v) is 8.22. The van der Waals surface area contributed by atoms with Crippen molar-refractivity contribution in [1.29, 1.82) is 0 Å². The predicted octanol–water partition coefficient (Wildman–Crippen LogP) is 4.03. The molecule has 2 aliphatic rings. The molecule has 0 aliphatic heterocycles. The number of rotatable bonds is 6. The van der Waals surface area contributed by atoms with Crippen molar-refractivity contribution in [2.24, 2.45) is 5.92 Å². The summed E-state index contributed by atoms with van der Waals surface area (Å²) in [5, 5.41) is 3.57. The minimum atomic E-state index is 0.486. The summed E-state index contributed by atoms with van der Waals surface area (Å²) in [5.41, 5.74) is 2.70. The molecule has 2 heteroatoms. The van der Waals surface area contributed by atoms with Crippen LogP contribution in [0.2, 0.25) is 0 Å². The Kier molecular flexibility index (Phi) is 4.74. The van der Waals surface area contributed by atoms with Gasteiger partial charge in [0.25, 0.3) is 0 Å². The third-order valence-corrected chi connectivity index (χ3v) is 4.61. The van der Waals surface area contributed by atoms with E-state index in [1.165, 1.54) is 49.7 Å². The smallest absolute Gasteiger partial charge is 0.0720 e. The van der Waals surface area contributed by atoms with Crippen LogP contribution in [0.1, 0.15) is 56.6 Å². The molecule has 110 valence electrons. The van der Waals surface area contributed by atoms with Gasteiger partial charge < -0.3 is 10.1 Å². The second-order valence-corrected chi connectivity index (χ2v) is 6.67. The van der Waals surface area contributed by atoms with Crippen molar-refractivity contribution in [3.05, 3.63) is 35.4 Å². The van der Waals surface area contributed by atoms with Gasteiger partial charge in [0.05, 0.1) is 12.7 Å². The molecule has 0 aromatic heterocycles. The van der Waals surface area contributed by atoms with Crippen molar-refractivity contribution >= 4 is 0 Å². The molecule has 0 saturated heterocycles. The van der Waals surface area contributed by atoms with Crippen molar-refractivity contribution < 1.29 is 4.74 Å². The molecule has 1 aromatic rings. The first kappa shape index (κ1) is 14.1. The van der Waals surface area contributed by atoms with Gasteiger partial charge in [0.1, 0.15) is 0 Å². The molecule has 2 nitrogen and oxygen atoms in total. The SMILES string of the molecule is CC1CCC(OCc2cccc(CNC3CC3)c2)CC1. The Labute approximate surface area is 122 Å². The van der Waals surface area contributed by atoms with Crippen molar-refractivity contribution in [1.82, 2.24) is 5.32 Å². The fourth-order valence-corrected chi connectivity index (χ4v) is 2.99. The lowest BCUT2D eigenvalue weighted by atomic mass is 9.89. The van der Waals surface area contributed by atoms with E-state index in [1.54, 1.807) is 0 Å². The summed E-state index contributed by atoms with van der Waals surface area (Å²) in [6.07, 6.45) is 8.32. The summed E-state index contributed by atoms with van der Waals surface area (Å²) >= 11 is 0. The van der Waals surface area contributed by atoms with Crippen molar-refractivity contribution in [3.63, 3.8) is 0 Å². The second-order valence-electron chi connectivity index (χ2n) is 6.67. The van der Waals surface area contributed by atoms with Crippen LogP contribution in [0.25, 0.3) is 0 Å². The number of ether oxygens (including phenoxy) is 1. The molecular weight excluding hydrogens is 246 g/mol. The fourth-order valence-electron chi connectivity index (χ4n) is 2.99. The number of hydrogen-bond donors (Lipinski definition) is 1. The third kappa shape index (κ3) is 4.32. The summed E-state index contributed by atoms with van der Waals surface area (Å²) < 4.78 is 6.09. The molecule has 0 radical (unpaired) electrons. The van der Waals surface area contributed by atoms with Gasteiger partial charge in [0.2, 0.25) is 0 Å². The summed E-state index contributed by atoms with van der Waals surface area (Å²) in [4.78, 5) is 0. The highest BCUT2D eigenvalue weighted by Crippen LogP contribution is 2.26. The Morgan fingerprint density at radius 1 is 1.05 bits per heavy atom. The van der Waals surface area contributed by atoms with E-state index in [2.05, 4.69) is 36.5 Å². The van der Waals surface area contributed by atoms with Crippen LogP contribution < -0.4 is 5.32 Å². The average molecular weight is 273 g/mol. The van der Waals surface area contributed by atoms with E-state index >= 15 is 0 Å². The quantitative estimate of drug-likeness (QED) is 0.845. The molecule has 2 aliphatic carbocycles. The third-order valence-electron chi connectivity index (χ3n) is 4.61. The molecule has 2 saturated carbocycles. The van der Waals surface area contributed by atoms with Gasteiger partial charge >= 0.3 is 0 Å². The molecular formula is C18H27NO. The zero-order valence-corrected chi connectivity index (χ0v) is 12.6. The molecule has 0 amide bonds. The minimum absolute atomic E-state index is 0.486. The highest BCUT2D eigenvalue weighted by atomic mass is 16.5. The number of hydrogen-bond acceptors (Lipinski definition) is 2. The van der Waals surface area contributed by atoms with Crippen LogP contribution in [0.15, 0.2) is 24.3 Å². The minimum Gasteiger partial charge on any atom is -0.374 e. The zero-order valence-electron chi connectivity index (χ0n) is 12.6. The molecule has 0 heterocycles. The molecule has 0 spiro atoms. The van der Waals surface area contributed by atoms with Gasteiger partial charge in [-0.3, -0.25) is 0 Å². The van der Waals surface area contributed by atoms with Crippen LogP contribution in [-0.4, -0.2) is 12.1 Å². The van der Waals surface area contributed by atoms with Crippen LogP contribution in [-0.2, 0) is 17.9 Å². The predicted molar refractivity (Wildman–Crippen MR) is 82.5 cm³/mol. The van der Waals surface area contributed by atoms with E-state index in [1.807, 2.05) is 0 Å². The Hall–Kier alpha value is -0.860. The van der Waals surface area contributed by atoms with Gasteiger partial charge in [-0.15, -0.1) is 0 Å². The molecule has 2 fully saturated rings. The summed E-state index contributed by atoms with van der Waals surface area (Å²) in [5.74, 6) is 0.895. The van der Waals surface area contributed by atoms with Gasteiger partial charge in [-0.1, -0.05) is 31.2 Å². The molecule has 20 heavy (non-hydrogen) atoms. The monoisotopic (exact) mass is 273 g/mol. The summed E-state index contributed by atoms with van der Waals surface area (Å²) in [7, 11) is 0. The first-order chi connectivity index (χ1) is 9.79. The highest BCUT2D eigenvalue weighted by Gasteiger charge is 2.20. The Bertz CT molecular complexity index is 419. The standard InChI is InChI=1S/C18H27NO/c1-14-5-9-18(10-6-14)20-13-16-4-2-3-15(11-16)12-19-17-7-8-17/h2-4,11,14,17-19H,5-10,12-13H2,1H3. The highest BCUT2D eigenvalue weighted by molar-refractivity contribution is 5.23. The maximum atomic E-state index is 6.09. The van der Waals surface area contributed by atoms with Crippen molar-refractivity contribution in [2.45, 2.75) is 70.7 Å². The van der Waals surface area contributed by atoms with E-state index in [4.69, 9.17) is 4.74 Å². The van der Waals surface area contributed by atoms with Gasteiger partial charge in [-0.2, -0.15) is 0 Å². The van der Waals surface area contributed by atoms with Gasteiger partial charge in [0.15, 0.2) is 0 Å². The Balaban J connectivity index is 1.45. The zero-order chi connectivity index (χ0) is 13.8. The largest absolute Gasteiger partial charge is 0.374 e.